The second-order valence-corrected chi connectivity index (χ2v) is 9.34. The summed E-state index contributed by atoms with van der Waals surface area (Å²) < 4.78 is 78.9. The zero-order chi connectivity index (χ0) is 17.6. The van der Waals surface area contributed by atoms with E-state index in [4.69, 9.17) is 15.6 Å². The monoisotopic (exact) mass is 386 g/mol. The van der Waals surface area contributed by atoms with Gasteiger partial charge < -0.3 is 10.5 Å². The van der Waals surface area contributed by atoms with Crippen LogP contribution in [0.25, 0.3) is 0 Å². The third-order valence-corrected chi connectivity index (χ3v) is 5.87. The number of sulfonamides is 1. The van der Waals surface area contributed by atoms with Crippen molar-refractivity contribution < 1.29 is 30.4 Å². The number of primary sulfonamides is 1. The SMILES string of the molecule is CS(=O)(=O)c1ccc(S(N)(=O)=O)c(N)c1OC1(F)CC(F)=CS1. The van der Waals surface area contributed by atoms with Crippen LogP contribution in [0.2, 0.25) is 0 Å². The van der Waals surface area contributed by atoms with E-state index in [0.717, 1.165) is 23.8 Å². The van der Waals surface area contributed by atoms with E-state index < -0.39 is 58.5 Å². The fraction of sp³-hybridized carbons (Fsp3) is 0.273. The molecule has 0 bridgehead atoms. The molecule has 1 aliphatic rings. The summed E-state index contributed by atoms with van der Waals surface area (Å²) in [6.45, 7) is 0. The molecule has 2 rings (SSSR count). The fourth-order valence-electron chi connectivity index (χ4n) is 1.86. The lowest BCUT2D eigenvalue weighted by atomic mass is 10.3. The number of hydrogen-bond acceptors (Lipinski definition) is 7. The lowest BCUT2D eigenvalue weighted by Gasteiger charge is -2.23. The molecule has 0 radical (unpaired) electrons. The smallest absolute Gasteiger partial charge is 0.307 e. The molecule has 0 saturated carbocycles. The number of nitrogens with two attached hydrogens (primary N) is 2. The summed E-state index contributed by atoms with van der Waals surface area (Å²) in [4.78, 5) is -1.16. The lowest BCUT2D eigenvalue weighted by Crippen LogP contribution is -2.26. The molecule has 1 aromatic rings. The summed E-state index contributed by atoms with van der Waals surface area (Å²) in [7, 11) is -8.23. The predicted octanol–water partition coefficient (Wildman–Crippen LogP) is 1.27. The lowest BCUT2D eigenvalue weighted by molar-refractivity contribution is 0.0277. The van der Waals surface area contributed by atoms with E-state index in [1.165, 1.54) is 0 Å². The molecule has 0 spiro atoms. The highest BCUT2D eigenvalue weighted by Gasteiger charge is 2.41. The van der Waals surface area contributed by atoms with Crippen LogP contribution < -0.4 is 15.6 Å². The van der Waals surface area contributed by atoms with Crippen molar-refractivity contribution in [3.8, 4) is 5.75 Å². The van der Waals surface area contributed by atoms with Crippen LogP contribution in [-0.2, 0) is 19.9 Å². The van der Waals surface area contributed by atoms with Crippen LogP contribution in [0.15, 0.2) is 33.2 Å². The summed E-state index contributed by atoms with van der Waals surface area (Å²) >= 11 is 0.332. The molecule has 1 heterocycles. The van der Waals surface area contributed by atoms with Crippen LogP contribution >= 0.6 is 11.8 Å². The van der Waals surface area contributed by atoms with E-state index in [1.807, 2.05) is 0 Å². The average Bonchev–Trinajstić information content (AvgIpc) is 2.68. The number of halogens is 2. The molecule has 0 amide bonds. The van der Waals surface area contributed by atoms with Crippen molar-refractivity contribution in [3.63, 3.8) is 0 Å². The topological polar surface area (TPSA) is 130 Å². The van der Waals surface area contributed by atoms with Crippen molar-refractivity contribution in [1.82, 2.24) is 0 Å². The maximum absolute atomic E-state index is 14.4. The zero-order valence-electron chi connectivity index (χ0n) is 11.6. The number of nitrogen functional groups attached to an aromatic ring is 1. The Morgan fingerprint density at radius 3 is 2.26 bits per heavy atom. The Morgan fingerprint density at radius 1 is 1.26 bits per heavy atom. The molecule has 0 aliphatic carbocycles. The van der Waals surface area contributed by atoms with Gasteiger partial charge in [-0.3, -0.25) is 0 Å². The molecule has 1 atom stereocenters. The van der Waals surface area contributed by atoms with E-state index in [2.05, 4.69) is 0 Å². The fourth-order valence-corrected chi connectivity index (χ4v) is 4.06. The van der Waals surface area contributed by atoms with Crippen molar-refractivity contribution in [2.24, 2.45) is 5.14 Å². The van der Waals surface area contributed by atoms with Crippen molar-refractivity contribution in [2.45, 2.75) is 21.4 Å². The first-order valence-corrected chi connectivity index (χ1v) is 10.2. The number of ether oxygens (including phenoxy) is 1. The van der Waals surface area contributed by atoms with Crippen LogP contribution in [0.3, 0.4) is 0 Å². The normalized spacial score (nSPS) is 22.0. The number of alkyl halides is 1. The molecule has 1 unspecified atom stereocenters. The van der Waals surface area contributed by atoms with Gasteiger partial charge in [0.05, 0.1) is 12.1 Å². The molecular formula is C11H12F2N2O5S3. The van der Waals surface area contributed by atoms with Crippen molar-refractivity contribution >= 4 is 37.3 Å². The number of hydrogen-bond donors (Lipinski definition) is 2. The molecule has 1 aliphatic heterocycles. The van der Waals surface area contributed by atoms with Crippen LogP contribution in [0.5, 0.6) is 5.75 Å². The summed E-state index contributed by atoms with van der Waals surface area (Å²) in [6.07, 6.45) is 0.0245. The van der Waals surface area contributed by atoms with E-state index in [-0.39, 0.29) is 0 Å². The number of anilines is 1. The highest BCUT2D eigenvalue weighted by molar-refractivity contribution is 8.03. The van der Waals surface area contributed by atoms with Gasteiger partial charge in [-0.2, -0.15) is 4.39 Å². The van der Waals surface area contributed by atoms with E-state index in [0.29, 0.717) is 11.8 Å². The first-order chi connectivity index (χ1) is 10.3. The second-order valence-electron chi connectivity index (χ2n) is 4.74. The summed E-state index contributed by atoms with van der Waals surface area (Å²) in [5, 5.41) is 3.18. The standard InChI is InChI=1S/C11H12F2N2O5S3/c1-22(16,17)8-3-2-7(23(15,18)19)9(14)10(8)20-11(13)4-6(12)5-21-11/h2-3,5H,4,14H2,1H3,(H2,15,18,19). The minimum absolute atomic E-state index is 0.332. The molecule has 0 aromatic heterocycles. The highest BCUT2D eigenvalue weighted by Crippen LogP contribution is 2.47. The number of benzene rings is 1. The highest BCUT2D eigenvalue weighted by atomic mass is 32.2. The Balaban J connectivity index is 2.64. The minimum Gasteiger partial charge on any atom is -0.445 e. The van der Waals surface area contributed by atoms with Crippen molar-refractivity contribution in [2.75, 3.05) is 12.0 Å². The molecule has 23 heavy (non-hydrogen) atoms. The van der Waals surface area contributed by atoms with Crippen LogP contribution in [0, 0.1) is 0 Å². The Morgan fingerprint density at radius 2 is 1.83 bits per heavy atom. The Kier molecular flexibility index (Phi) is 4.39. The van der Waals surface area contributed by atoms with Gasteiger partial charge in [0.1, 0.15) is 15.6 Å². The number of rotatable bonds is 4. The molecule has 7 nitrogen and oxygen atoms in total. The summed E-state index contributed by atoms with van der Waals surface area (Å²) in [5.41, 5.74) is 4.94. The number of thioether (sulfide) groups is 1. The molecule has 128 valence electrons. The van der Waals surface area contributed by atoms with Gasteiger partial charge >= 0.3 is 5.19 Å². The molecule has 0 saturated heterocycles. The summed E-state index contributed by atoms with van der Waals surface area (Å²) in [6, 6.07) is 1.76. The predicted molar refractivity (Wildman–Crippen MR) is 81.2 cm³/mol. The van der Waals surface area contributed by atoms with Gasteiger partial charge in [-0.15, -0.1) is 0 Å². The van der Waals surface area contributed by atoms with Crippen molar-refractivity contribution in [1.29, 1.82) is 0 Å². The second kappa shape index (κ2) is 5.61. The number of sulfone groups is 1. The quantitative estimate of drug-likeness (QED) is 0.745. The third kappa shape index (κ3) is 3.76. The van der Waals surface area contributed by atoms with Gasteiger partial charge in [-0.25, -0.2) is 26.4 Å². The maximum atomic E-state index is 14.4. The van der Waals surface area contributed by atoms with E-state index >= 15 is 0 Å². The Hall–Kier alpha value is -1.37. The van der Waals surface area contributed by atoms with E-state index in [1.54, 1.807) is 0 Å². The Bertz CT molecular complexity index is 898. The largest absolute Gasteiger partial charge is 0.445 e. The van der Waals surface area contributed by atoms with Gasteiger partial charge in [0.25, 0.3) is 0 Å². The van der Waals surface area contributed by atoms with Crippen molar-refractivity contribution in [3.05, 3.63) is 23.4 Å². The summed E-state index contributed by atoms with van der Waals surface area (Å²) in [5.74, 6) is -1.53. The maximum Gasteiger partial charge on any atom is 0.307 e. The molecule has 12 heteroatoms. The zero-order valence-corrected chi connectivity index (χ0v) is 14.1. The van der Waals surface area contributed by atoms with Gasteiger partial charge in [-0.05, 0) is 23.9 Å². The first-order valence-electron chi connectivity index (χ1n) is 5.89. The molecule has 4 N–H and O–H groups in total. The third-order valence-electron chi connectivity index (χ3n) is 2.82. The van der Waals surface area contributed by atoms with Gasteiger partial charge in [0, 0.05) is 11.7 Å². The van der Waals surface area contributed by atoms with Crippen LogP contribution in [0.1, 0.15) is 6.42 Å². The first kappa shape index (κ1) is 18.0. The van der Waals surface area contributed by atoms with Gasteiger partial charge in [-0.1, -0.05) is 0 Å². The Labute approximate surface area is 135 Å². The van der Waals surface area contributed by atoms with Gasteiger partial charge in [0.2, 0.25) is 10.0 Å². The molecular weight excluding hydrogens is 374 g/mol. The molecule has 0 fully saturated rings. The van der Waals surface area contributed by atoms with Crippen LogP contribution in [-0.4, -0.2) is 28.3 Å². The average molecular weight is 386 g/mol. The minimum atomic E-state index is -4.30. The van der Waals surface area contributed by atoms with E-state index in [9.17, 15) is 25.6 Å². The van der Waals surface area contributed by atoms with Crippen LogP contribution in [0.4, 0.5) is 14.5 Å². The van der Waals surface area contributed by atoms with Gasteiger partial charge in [0.15, 0.2) is 15.6 Å². The molecule has 1 aromatic carbocycles.